The first kappa shape index (κ1) is 24.1. The summed E-state index contributed by atoms with van der Waals surface area (Å²) in [5.74, 6) is 0.289. The second-order valence-corrected chi connectivity index (χ2v) is 11.1. The summed E-state index contributed by atoms with van der Waals surface area (Å²) in [6.07, 6.45) is 5.95. The molecule has 2 aromatic rings. The topological polar surface area (TPSA) is 66.5 Å². The van der Waals surface area contributed by atoms with Crippen LogP contribution in [0.25, 0.3) is 0 Å². The molecule has 1 aliphatic rings. The molecule has 5 nitrogen and oxygen atoms in total. The van der Waals surface area contributed by atoms with E-state index in [1.54, 1.807) is 0 Å². The summed E-state index contributed by atoms with van der Waals surface area (Å²) in [7, 11) is -0.986. The van der Waals surface area contributed by atoms with E-state index in [0.29, 0.717) is 12.5 Å². The third-order valence-corrected chi connectivity index (χ3v) is 8.55. The van der Waals surface area contributed by atoms with Crippen LogP contribution < -0.4 is 5.32 Å². The zero-order chi connectivity index (χ0) is 22.6. The number of amides is 1. The standard InChI is InChI=1S/C23H28Cl2N2O3S/c1-27(2)31(29,30)22-13-18(20(24)14-21(22)25)23(28)26-15-19(16-9-5-3-6-10-16)17-11-7-4-8-12-17/h3,5-6,9-10,13-14,17,19H,4,7-8,11-12,15H2,1-2H3,(H,26,28). The molecule has 8 heteroatoms. The van der Waals surface area contributed by atoms with Crippen LogP contribution in [0.3, 0.4) is 0 Å². The highest BCUT2D eigenvalue weighted by molar-refractivity contribution is 7.89. The van der Waals surface area contributed by atoms with Crippen molar-refractivity contribution in [3.8, 4) is 0 Å². The Kier molecular flexibility index (Phi) is 8.03. The van der Waals surface area contributed by atoms with Gasteiger partial charge in [-0.2, -0.15) is 0 Å². The van der Waals surface area contributed by atoms with Crippen LogP contribution in [0.4, 0.5) is 0 Å². The first-order valence-corrected chi connectivity index (χ1v) is 12.7. The van der Waals surface area contributed by atoms with Crippen molar-refractivity contribution in [2.75, 3.05) is 20.6 Å². The molecular formula is C23H28Cl2N2O3S. The molecule has 0 aliphatic heterocycles. The minimum atomic E-state index is -3.81. The number of sulfonamides is 1. The fraction of sp³-hybridized carbons (Fsp3) is 0.435. The number of hydrogen-bond donors (Lipinski definition) is 1. The molecule has 168 valence electrons. The predicted octanol–water partition coefficient (Wildman–Crippen LogP) is 5.34. The molecule has 0 heterocycles. The number of benzene rings is 2. The van der Waals surface area contributed by atoms with E-state index in [1.165, 1.54) is 51.1 Å². The molecule has 31 heavy (non-hydrogen) atoms. The summed E-state index contributed by atoms with van der Waals surface area (Å²) in [6.45, 7) is 0.461. The molecule has 0 radical (unpaired) electrons. The largest absolute Gasteiger partial charge is 0.351 e. The predicted molar refractivity (Wildman–Crippen MR) is 125 cm³/mol. The fourth-order valence-corrected chi connectivity index (χ4v) is 5.92. The van der Waals surface area contributed by atoms with Gasteiger partial charge in [0.1, 0.15) is 4.90 Å². The second kappa shape index (κ2) is 10.3. The number of carbonyl (C=O) groups is 1. The molecule has 0 bridgehead atoms. The van der Waals surface area contributed by atoms with Crippen LogP contribution in [-0.4, -0.2) is 39.3 Å². The van der Waals surface area contributed by atoms with Gasteiger partial charge < -0.3 is 5.32 Å². The van der Waals surface area contributed by atoms with Crippen molar-refractivity contribution in [3.63, 3.8) is 0 Å². The van der Waals surface area contributed by atoms with E-state index in [2.05, 4.69) is 17.4 Å². The van der Waals surface area contributed by atoms with Gasteiger partial charge in [0.15, 0.2) is 0 Å². The first-order chi connectivity index (χ1) is 14.7. The van der Waals surface area contributed by atoms with Gasteiger partial charge in [0.05, 0.1) is 15.6 Å². The van der Waals surface area contributed by atoms with Crippen molar-refractivity contribution in [1.29, 1.82) is 0 Å². The van der Waals surface area contributed by atoms with Crippen LogP contribution in [0.2, 0.25) is 10.0 Å². The molecule has 1 aliphatic carbocycles. The summed E-state index contributed by atoms with van der Waals surface area (Å²) in [5.41, 5.74) is 1.30. The number of nitrogens with one attached hydrogen (secondary N) is 1. The number of halogens is 2. The van der Waals surface area contributed by atoms with Crippen LogP contribution in [0, 0.1) is 5.92 Å². The smallest absolute Gasteiger partial charge is 0.252 e. The lowest BCUT2D eigenvalue weighted by Crippen LogP contribution is -2.32. The monoisotopic (exact) mass is 482 g/mol. The Bertz CT molecular complexity index is 1020. The number of nitrogens with zero attached hydrogens (tertiary/aromatic N) is 1. The first-order valence-electron chi connectivity index (χ1n) is 10.5. The highest BCUT2D eigenvalue weighted by Gasteiger charge is 2.27. The van der Waals surface area contributed by atoms with Gasteiger partial charge in [-0.05, 0) is 36.5 Å². The minimum absolute atomic E-state index is 0.0142. The van der Waals surface area contributed by atoms with E-state index in [9.17, 15) is 13.2 Å². The van der Waals surface area contributed by atoms with E-state index in [1.807, 2.05) is 18.2 Å². The molecule has 1 atom stereocenters. The summed E-state index contributed by atoms with van der Waals surface area (Å²) in [4.78, 5) is 12.9. The second-order valence-electron chi connectivity index (χ2n) is 8.18. The number of hydrogen-bond acceptors (Lipinski definition) is 3. The highest BCUT2D eigenvalue weighted by Crippen LogP contribution is 2.36. The third kappa shape index (κ3) is 5.61. The van der Waals surface area contributed by atoms with Gasteiger partial charge in [0.25, 0.3) is 5.91 Å². The van der Waals surface area contributed by atoms with Crippen molar-refractivity contribution in [2.24, 2.45) is 5.92 Å². The highest BCUT2D eigenvalue weighted by atomic mass is 35.5. The zero-order valence-electron chi connectivity index (χ0n) is 17.8. The summed E-state index contributed by atoms with van der Waals surface area (Å²) >= 11 is 12.4. The maximum absolute atomic E-state index is 13.0. The van der Waals surface area contributed by atoms with Crippen LogP contribution in [-0.2, 0) is 10.0 Å². The Balaban J connectivity index is 1.84. The molecule has 3 rings (SSSR count). The molecule has 1 fully saturated rings. The van der Waals surface area contributed by atoms with Gasteiger partial charge in [0, 0.05) is 26.6 Å². The Hall–Kier alpha value is -1.60. The van der Waals surface area contributed by atoms with Crippen molar-refractivity contribution in [3.05, 3.63) is 63.6 Å². The molecule has 0 aromatic heterocycles. The third-order valence-electron chi connectivity index (χ3n) is 5.95. The van der Waals surface area contributed by atoms with E-state index in [0.717, 1.165) is 17.1 Å². The average molecular weight is 483 g/mol. The van der Waals surface area contributed by atoms with E-state index in [-0.39, 0.29) is 26.4 Å². The molecule has 0 spiro atoms. The van der Waals surface area contributed by atoms with Crippen molar-refractivity contribution in [2.45, 2.75) is 42.9 Å². The quantitative estimate of drug-likeness (QED) is 0.578. The maximum Gasteiger partial charge on any atom is 0.252 e. The molecule has 1 saturated carbocycles. The fourth-order valence-electron chi connectivity index (χ4n) is 4.19. The summed E-state index contributed by atoms with van der Waals surface area (Å²) in [6, 6.07) is 12.8. The molecule has 0 saturated heterocycles. The SMILES string of the molecule is CN(C)S(=O)(=O)c1cc(C(=O)NCC(c2ccccc2)C2CCCCC2)c(Cl)cc1Cl. The average Bonchev–Trinajstić information content (AvgIpc) is 2.75. The molecule has 1 N–H and O–H groups in total. The normalized spacial score (nSPS) is 16.3. The Morgan fingerprint density at radius 1 is 1.06 bits per heavy atom. The molecule has 1 unspecified atom stereocenters. The Labute approximate surface area is 194 Å². The van der Waals surface area contributed by atoms with E-state index >= 15 is 0 Å². The number of rotatable bonds is 7. The summed E-state index contributed by atoms with van der Waals surface area (Å²) < 4.78 is 26.2. The van der Waals surface area contributed by atoms with Crippen LogP contribution in [0.5, 0.6) is 0 Å². The van der Waals surface area contributed by atoms with Crippen LogP contribution >= 0.6 is 23.2 Å². The lowest BCUT2D eigenvalue weighted by molar-refractivity contribution is 0.0946. The molecular weight excluding hydrogens is 455 g/mol. The van der Waals surface area contributed by atoms with Crippen LogP contribution in [0.15, 0.2) is 47.4 Å². The Morgan fingerprint density at radius 3 is 2.32 bits per heavy atom. The lowest BCUT2D eigenvalue weighted by Gasteiger charge is -2.31. The molecule has 1 amide bonds. The van der Waals surface area contributed by atoms with Gasteiger partial charge in [0.2, 0.25) is 10.0 Å². The minimum Gasteiger partial charge on any atom is -0.351 e. The Morgan fingerprint density at radius 2 is 1.71 bits per heavy atom. The van der Waals surface area contributed by atoms with Gasteiger partial charge in [-0.1, -0.05) is 72.8 Å². The van der Waals surface area contributed by atoms with Crippen LogP contribution in [0.1, 0.15) is 53.9 Å². The maximum atomic E-state index is 13.0. The van der Waals surface area contributed by atoms with Crippen molar-refractivity contribution >= 4 is 39.1 Å². The van der Waals surface area contributed by atoms with Gasteiger partial charge >= 0.3 is 0 Å². The van der Waals surface area contributed by atoms with Crippen molar-refractivity contribution < 1.29 is 13.2 Å². The van der Waals surface area contributed by atoms with Gasteiger partial charge in [-0.3, -0.25) is 4.79 Å². The van der Waals surface area contributed by atoms with Crippen molar-refractivity contribution in [1.82, 2.24) is 9.62 Å². The van der Waals surface area contributed by atoms with E-state index < -0.39 is 15.9 Å². The molecule has 2 aromatic carbocycles. The van der Waals surface area contributed by atoms with Gasteiger partial charge in [-0.15, -0.1) is 0 Å². The summed E-state index contributed by atoms with van der Waals surface area (Å²) in [5, 5.41) is 3.09. The van der Waals surface area contributed by atoms with Gasteiger partial charge in [-0.25, -0.2) is 12.7 Å². The zero-order valence-corrected chi connectivity index (χ0v) is 20.1. The number of carbonyl (C=O) groups excluding carboxylic acids is 1. The van der Waals surface area contributed by atoms with E-state index in [4.69, 9.17) is 23.2 Å². The lowest BCUT2D eigenvalue weighted by atomic mass is 9.77.